The molecule has 1 atom stereocenters. The summed E-state index contributed by atoms with van der Waals surface area (Å²) >= 11 is 8.13. The predicted molar refractivity (Wildman–Crippen MR) is 82.0 cm³/mol. The summed E-state index contributed by atoms with van der Waals surface area (Å²) in [5.74, 6) is -0.151. The highest BCUT2D eigenvalue weighted by atomic mass is 127. The minimum absolute atomic E-state index is 0. The molecule has 0 aromatic heterocycles. The number of hydrogen-bond acceptors (Lipinski definition) is 2. The molecule has 0 aliphatic heterocycles. The van der Waals surface area contributed by atoms with E-state index >= 15 is 0 Å². The van der Waals surface area contributed by atoms with Crippen molar-refractivity contribution >= 4 is 52.5 Å². The number of benzene rings is 1. The first-order valence-electron chi connectivity index (χ1n) is 4.99. The van der Waals surface area contributed by atoms with E-state index in [0.29, 0.717) is 17.1 Å². The quantitative estimate of drug-likeness (QED) is 0.779. The number of hydrogen-bond donors (Lipinski definition) is 2. The molecule has 6 heteroatoms. The summed E-state index contributed by atoms with van der Waals surface area (Å²) in [6, 6.07) is 5.44. The maximum Gasteiger partial charge on any atom is 0.252 e. The normalized spacial score (nSPS) is 11.5. The van der Waals surface area contributed by atoms with Crippen LogP contribution in [0.1, 0.15) is 23.7 Å². The second-order valence-corrected chi connectivity index (χ2v) is 5.30. The Morgan fingerprint density at radius 1 is 1.59 bits per heavy atom. The van der Waals surface area contributed by atoms with E-state index in [1.165, 1.54) is 0 Å². The Morgan fingerprint density at radius 2 is 2.24 bits per heavy atom. The van der Waals surface area contributed by atoms with E-state index in [2.05, 4.69) is 27.9 Å². The Bertz CT molecular complexity index is 386. The highest BCUT2D eigenvalue weighted by Crippen LogP contribution is 2.18. The molecule has 0 heterocycles. The van der Waals surface area contributed by atoms with Crippen LogP contribution in [0.4, 0.5) is 0 Å². The molecule has 0 saturated carbocycles. The Kier molecular flexibility index (Phi) is 8.11. The number of carbonyl (C=O) groups is 1. The molecule has 1 aromatic carbocycles. The van der Waals surface area contributed by atoms with Gasteiger partial charge in [-0.3, -0.25) is 4.79 Å². The largest absolute Gasteiger partial charge is 0.352 e. The number of halogens is 3. The molecular formula is C11H15Cl2IN2O. The van der Waals surface area contributed by atoms with Gasteiger partial charge in [-0.15, -0.1) is 12.4 Å². The van der Waals surface area contributed by atoms with Gasteiger partial charge >= 0.3 is 0 Å². The first-order valence-corrected chi connectivity index (χ1v) is 6.45. The van der Waals surface area contributed by atoms with Gasteiger partial charge < -0.3 is 11.1 Å². The third kappa shape index (κ3) is 5.90. The van der Waals surface area contributed by atoms with Gasteiger partial charge in [0.05, 0.1) is 10.6 Å². The van der Waals surface area contributed by atoms with Crippen LogP contribution >= 0.6 is 46.6 Å². The van der Waals surface area contributed by atoms with Crippen LogP contribution in [0.2, 0.25) is 5.02 Å². The number of carbonyl (C=O) groups excluding carboxylic acids is 1. The molecule has 0 fully saturated rings. The molecule has 0 saturated heterocycles. The molecule has 17 heavy (non-hydrogen) atoms. The van der Waals surface area contributed by atoms with Crippen LogP contribution in [0.5, 0.6) is 0 Å². The summed E-state index contributed by atoms with van der Waals surface area (Å²) in [7, 11) is 0. The predicted octanol–water partition coefficient (Wildman–Crippen LogP) is 2.83. The topological polar surface area (TPSA) is 55.1 Å². The van der Waals surface area contributed by atoms with Crippen molar-refractivity contribution in [1.29, 1.82) is 0 Å². The zero-order valence-corrected chi connectivity index (χ0v) is 13.1. The maximum absolute atomic E-state index is 11.7. The van der Waals surface area contributed by atoms with E-state index in [1.54, 1.807) is 12.1 Å². The lowest BCUT2D eigenvalue weighted by Crippen LogP contribution is -2.29. The van der Waals surface area contributed by atoms with Crippen molar-refractivity contribution in [3.63, 3.8) is 0 Å². The van der Waals surface area contributed by atoms with Crippen molar-refractivity contribution in [2.75, 3.05) is 6.54 Å². The summed E-state index contributed by atoms with van der Waals surface area (Å²) in [4.78, 5) is 11.7. The zero-order valence-electron chi connectivity index (χ0n) is 9.37. The maximum atomic E-state index is 11.7. The highest BCUT2D eigenvalue weighted by Gasteiger charge is 2.09. The fourth-order valence-electron chi connectivity index (χ4n) is 1.18. The van der Waals surface area contributed by atoms with Gasteiger partial charge in [0.25, 0.3) is 5.91 Å². The van der Waals surface area contributed by atoms with Crippen molar-refractivity contribution in [3.05, 3.63) is 32.4 Å². The molecule has 96 valence electrons. The summed E-state index contributed by atoms with van der Waals surface area (Å²) in [5, 5.41) is 3.26. The van der Waals surface area contributed by atoms with E-state index < -0.39 is 0 Å². The van der Waals surface area contributed by atoms with Gasteiger partial charge in [0.2, 0.25) is 0 Å². The lowest BCUT2D eigenvalue weighted by Gasteiger charge is -2.08. The molecule has 3 N–H and O–H groups in total. The Morgan fingerprint density at radius 3 is 2.76 bits per heavy atom. The zero-order chi connectivity index (χ0) is 12.1. The van der Waals surface area contributed by atoms with Crippen LogP contribution in [0.3, 0.4) is 0 Å². The van der Waals surface area contributed by atoms with Crippen LogP contribution in [0.15, 0.2) is 18.2 Å². The Labute approximate surface area is 126 Å². The van der Waals surface area contributed by atoms with E-state index in [9.17, 15) is 4.79 Å². The fraction of sp³-hybridized carbons (Fsp3) is 0.364. The van der Waals surface area contributed by atoms with Crippen LogP contribution < -0.4 is 11.1 Å². The molecular weight excluding hydrogens is 374 g/mol. The number of rotatable bonds is 4. The molecule has 0 aliphatic rings. The Hall–Kier alpha value is -0.0400. The lowest BCUT2D eigenvalue weighted by molar-refractivity contribution is 0.0953. The molecule has 0 bridgehead atoms. The van der Waals surface area contributed by atoms with Crippen molar-refractivity contribution in [1.82, 2.24) is 5.32 Å². The van der Waals surface area contributed by atoms with Crippen molar-refractivity contribution < 1.29 is 4.79 Å². The summed E-state index contributed by atoms with van der Waals surface area (Å²) in [6.07, 6.45) is 0.758. The van der Waals surface area contributed by atoms with Crippen molar-refractivity contribution in [3.8, 4) is 0 Å². The van der Waals surface area contributed by atoms with E-state index in [1.807, 2.05) is 13.0 Å². The molecule has 3 nitrogen and oxygen atoms in total. The second-order valence-electron chi connectivity index (χ2n) is 3.65. The van der Waals surface area contributed by atoms with Gasteiger partial charge in [-0.2, -0.15) is 0 Å². The standard InChI is InChI=1S/C11H14ClIN2O.ClH/c1-7(14)4-5-15-11(16)9-3-2-8(13)6-10(9)12;/h2-3,6-7H,4-5,14H2,1H3,(H,15,16);1H. The molecule has 1 rings (SSSR count). The van der Waals surface area contributed by atoms with E-state index in [4.69, 9.17) is 17.3 Å². The smallest absolute Gasteiger partial charge is 0.252 e. The first-order chi connectivity index (χ1) is 7.50. The third-order valence-corrected chi connectivity index (χ3v) is 3.04. The average molecular weight is 389 g/mol. The summed E-state index contributed by atoms with van der Waals surface area (Å²) < 4.78 is 1.01. The van der Waals surface area contributed by atoms with Crippen LogP contribution in [0.25, 0.3) is 0 Å². The Balaban J connectivity index is 0.00000256. The van der Waals surface area contributed by atoms with Gasteiger partial charge in [-0.05, 0) is 54.1 Å². The van der Waals surface area contributed by atoms with Crippen molar-refractivity contribution in [2.45, 2.75) is 19.4 Å². The van der Waals surface area contributed by atoms with Crippen LogP contribution in [0, 0.1) is 3.57 Å². The number of nitrogens with two attached hydrogens (primary N) is 1. The molecule has 1 unspecified atom stereocenters. The van der Waals surface area contributed by atoms with Gasteiger partial charge in [0, 0.05) is 16.2 Å². The number of amides is 1. The summed E-state index contributed by atoms with van der Waals surface area (Å²) in [5.41, 5.74) is 6.09. The van der Waals surface area contributed by atoms with Gasteiger partial charge in [0.1, 0.15) is 0 Å². The highest BCUT2D eigenvalue weighted by molar-refractivity contribution is 14.1. The van der Waals surface area contributed by atoms with E-state index in [0.717, 1.165) is 9.99 Å². The SMILES string of the molecule is CC(N)CCNC(=O)c1ccc(I)cc1Cl.Cl. The minimum atomic E-state index is -0.151. The lowest BCUT2D eigenvalue weighted by atomic mass is 10.2. The fourth-order valence-corrected chi connectivity index (χ4v) is 2.12. The van der Waals surface area contributed by atoms with Crippen LogP contribution in [-0.4, -0.2) is 18.5 Å². The summed E-state index contributed by atoms with van der Waals surface area (Å²) in [6.45, 7) is 2.48. The van der Waals surface area contributed by atoms with E-state index in [-0.39, 0.29) is 24.4 Å². The first kappa shape index (κ1) is 17.0. The number of nitrogens with one attached hydrogen (secondary N) is 1. The second kappa shape index (κ2) is 8.13. The van der Waals surface area contributed by atoms with Gasteiger partial charge in [-0.25, -0.2) is 0 Å². The molecule has 1 amide bonds. The molecule has 0 spiro atoms. The monoisotopic (exact) mass is 388 g/mol. The molecule has 0 aliphatic carbocycles. The molecule has 0 radical (unpaired) electrons. The van der Waals surface area contributed by atoms with Crippen molar-refractivity contribution in [2.24, 2.45) is 5.73 Å². The minimum Gasteiger partial charge on any atom is -0.352 e. The molecule has 1 aromatic rings. The third-order valence-electron chi connectivity index (χ3n) is 2.06. The van der Waals surface area contributed by atoms with Gasteiger partial charge in [0.15, 0.2) is 0 Å². The van der Waals surface area contributed by atoms with Crippen LogP contribution in [-0.2, 0) is 0 Å². The average Bonchev–Trinajstić information content (AvgIpc) is 2.16. The van der Waals surface area contributed by atoms with Gasteiger partial charge in [-0.1, -0.05) is 11.6 Å².